The van der Waals surface area contributed by atoms with E-state index < -0.39 is 0 Å². The first-order chi connectivity index (χ1) is 10.2. The fraction of sp³-hybridized carbons (Fsp3) is 0.684. The molecule has 3 rings (SSSR count). The standard InChI is InChI=1S/C19H29NO/c1-4-12-20(13-15-8-9-15)17-11-10-16-6-5-7-18(21-3)19(16)14(17)2/h5-7,14-15,17H,4,8-13H2,1-3H3. The summed E-state index contributed by atoms with van der Waals surface area (Å²) >= 11 is 0. The second-order valence-corrected chi connectivity index (χ2v) is 6.87. The Kier molecular flexibility index (Phi) is 4.54. The zero-order valence-electron chi connectivity index (χ0n) is 13.8. The Balaban J connectivity index is 1.83. The van der Waals surface area contributed by atoms with E-state index in [1.165, 1.54) is 56.3 Å². The van der Waals surface area contributed by atoms with E-state index in [-0.39, 0.29) is 0 Å². The van der Waals surface area contributed by atoms with Crippen molar-refractivity contribution in [3.63, 3.8) is 0 Å². The SMILES string of the molecule is CCCN(CC1CC1)C1CCc2cccc(OC)c2C1C. The van der Waals surface area contributed by atoms with E-state index in [4.69, 9.17) is 4.74 Å². The van der Waals surface area contributed by atoms with Gasteiger partial charge in [0.1, 0.15) is 5.75 Å². The van der Waals surface area contributed by atoms with Gasteiger partial charge in [-0.1, -0.05) is 26.0 Å². The molecule has 1 aromatic carbocycles. The van der Waals surface area contributed by atoms with E-state index in [1.54, 1.807) is 7.11 Å². The minimum atomic E-state index is 0.579. The van der Waals surface area contributed by atoms with Crippen molar-refractivity contribution in [2.75, 3.05) is 20.2 Å². The number of fused-ring (bicyclic) bond motifs is 1. The number of ether oxygens (including phenoxy) is 1. The predicted octanol–water partition coefficient (Wildman–Crippen LogP) is 4.24. The molecule has 0 heterocycles. The van der Waals surface area contributed by atoms with Gasteiger partial charge in [0.25, 0.3) is 0 Å². The molecule has 0 radical (unpaired) electrons. The molecule has 0 aliphatic heterocycles. The second kappa shape index (κ2) is 6.39. The molecule has 2 unspecified atom stereocenters. The van der Waals surface area contributed by atoms with Crippen molar-refractivity contribution < 1.29 is 4.74 Å². The first-order valence-electron chi connectivity index (χ1n) is 8.64. The summed E-state index contributed by atoms with van der Waals surface area (Å²) < 4.78 is 5.65. The molecule has 116 valence electrons. The third-order valence-corrected chi connectivity index (χ3v) is 5.29. The fourth-order valence-corrected chi connectivity index (χ4v) is 4.06. The van der Waals surface area contributed by atoms with Gasteiger partial charge in [-0.05, 0) is 56.2 Å². The zero-order chi connectivity index (χ0) is 14.8. The number of methoxy groups -OCH3 is 1. The summed E-state index contributed by atoms with van der Waals surface area (Å²) in [6, 6.07) is 7.24. The lowest BCUT2D eigenvalue weighted by molar-refractivity contribution is 0.151. The number of nitrogens with zero attached hydrogens (tertiary/aromatic N) is 1. The Morgan fingerprint density at radius 1 is 1.24 bits per heavy atom. The lowest BCUT2D eigenvalue weighted by Crippen LogP contribution is -2.43. The molecule has 2 heteroatoms. The number of benzene rings is 1. The van der Waals surface area contributed by atoms with E-state index in [1.807, 2.05) is 0 Å². The number of rotatable bonds is 6. The summed E-state index contributed by atoms with van der Waals surface area (Å²) in [5.41, 5.74) is 2.97. The van der Waals surface area contributed by atoms with Gasteiger partial charge in [0.2, 0.25) is 0 Å². The predicted molar refractivity (Wildman–Crippen MR) is 88.1 cm³/mol. The Morgan fingerprint density at radius 3 is 2.71 bits per heavy atom. The highest BCUT2D eigenvalue weighted by molar-refractivity contribution is 5.45. The van der Waals surface area contributed by atoms with Gasteiger partial charge in [-0.2, -0.15) is 0 Å². The summed E-state index contributed by atoms with van der Waals surface area (Å²) in [6.07, 6.45) is 6.65. The lowest BCUT2D eigenvalue weighted by Gasteiger charge is -2.40. The van der Waals surface area contributed by atoms with E-state index in [0.29, 0.717) is 12.0 Å². The molecule has 0 saturated heterocycles. The minimum absolute atomic E-state index is 0.579. The average Bonchev–Trinajstić information content (AvgIpc) is 3.31. The summed E-state index contributed by atoms with van der Waals surface area (Å²) in [5.74, 6) is 2.64. The summed E-state index contributed by atoms with van der Waals surface area (Å²) in [7, 11) is 1.81. The summed E-state index contributed by atoms with van der Waals surface area (Å²) in [6.45, 7) is 7.27. The Labute approximate surface area is 129 Å². The zero-order valence-corrected chi connectivity index (χ0v) is 13.8. The van der Waals surface area contributed by atoms with Gasteiger partial charge in [0.05, 0.1) is 7.11 Å². The smallest absolute Gasteiger partial charge is 0.122 e. The van der Waals surface area contributed by atoms with Crippen LogP contribution in [0.4, 0.5) is 0 Å². The van der Waals surface area contributed by atoms with Gasteiger partial charge in [0, 0.05) is 24.1 Å². The van der Waals surface area contributed by atoms with Crippen molar-refractivity contribution in [2.45, 2.75) is 57.9 Å². The van der Waals surface area contributed by atoms with Crippen LogP contribution in [0.15, 0.2) is 18.2 Å². The molecule has 0 aromatic heterocycles. The molecule has 2 nitrogen and oxygen atoms in total. The van der Waals surface area contributed by atoms with Gasteiger partial charge in [-0.15, -0.1) is 0 Å². The van der Waals surface area contributed by atoms with Crippen LogP contribution in [0.3, 0.4) is 0 Å². The monoisotopic (exact) mass is 287 g/mol. The van der Waals surface area contributed by atoms with Gasteiger partial charge in [0.15, 0.2) is 0 Å². The van der Waals surface area contributed by atoms with Crippen molar-refractivity contribution >= 4 is 0 Å². The number of aryl methyl sites for hydroxylation is 1. The van der Waals surface area contributed by atoms with Crippen LogP contribution in [0.1, 0.15) is 56.6 Å². The fourth-order valence-electron chi connectivity index (χ4n) is 4.06. The van der Waals surface area contributed by atoms with Gasteiger partial charge < -0.3 is 4.74 Å². The molecule has 0 amide bonds. The third kappa shape index (κ3) is 3.11. The Hall–Kier alpha value is -1.02. The van der Waals surface area contributed by atoms with Crippen molar-refractivity contribution in [1.29, 1.82) is 0 Å². The van der Waals surface area contributed by atoms with E-state index in [2.05, 4.69) is 36.9 Å². The first kappa shape index (κ1) is 14.9. The van der Waals surface area contributed by atoms with E-state index in [0.717, 1.165) is 11.7 Å². The van der Waals surface area contributed by atoms with Crippen LogP contribution in [0.2, 0.25) is 0 Å². The number of hydrogen-bond donors (Lipinski definition) is 0. The maximum absolute atomic E-state index is 5.65. The lowest BCUT2D eigenvalue weighted by atomic mass is 9.79. The largest absolute Gasteiger partial charge is 0.496 e. The molecular formula is C19H29NO. The highest BCUT2D eigenvalue weighted by atomic mass is 16.5. The van der Waals surface area contributed by atoms with Crippen LogP contribution in [0, 0.1) is 5.92 Å². The molecule has 1 saturated carbocycles. The average molecular weight is 287 g/mol. The topological polar surface area (TPSA) is 12.5 Å². The molecule has 2 aliphatic rings. The molecule has 0 N–H and O–H groups in total. The quantitative estimate of drug-likeness (QED) is 0.776. The van der Waals surface area contributed by atoms with Crippen molar-refractivity contribution in [2.24, 2.45) is 5.92 Å². The Morgan fingerprint density at radius 2 is 2.05 bits per heavy atom. The normalized spacial score (nSPS) is 25.0. The molecule has 2 aliphatic carbocycles. The van der Waals surface area contributed by atoms with Crippen molar-refractivity contribution in [3.8, 4) is 5.75 Å². The van der Waals surface area contributed by atoms with Crippen LogP contribution in [0.5, 0.6) is 5.75 Å². The third-order valence-electron chi connectivity index (χ3n) is 5.29. The van der Waals surface area contributed by atoms with Crippen molar-refractivity contribution in [1.82, 2.24) is 4.90 Å². The molecular weight excluding hydrogens is 258 g/mol. The minimum Gasteiger partial charge on any atom is -0.496 e. The Bertz CT molecular complexity index is 466. The molecule has 1 fully saturated rings. The van der Waals surface area contributed by atoms with Crippen LogP contribution in [-0.4, -0.2) is 31.1 Å². The molecule has 21 heavy (non-hydrogen) atoms. The van der Waals surface area contributed by atoms with E-state index in [9.17, 15) is 0 Å². The number of hydrogen-bond acceptors (Lipinski definition) is 2. The van der Waals surface area contributed by atoms with Gasteiger partial charge in [-0.25, -0.2) is 0 Å². The van der Waals surface area contributed by atoms with Gasteiger partial charge in [-0.3, -0.25) is 4.90 Å². The first-order valence-corrected chi connectivity index (χ1v) is 8.64. The molecule has 1 aromatic rings. The van der Waals surface area contributed by atoms with Crippen LogP contribution in [-0.2, 0) is 6.42 Å². The maximum atomic E-state index is 5.65. The summed E-state index contributed by atoms with van der Waals surface area (Å²) in [4.78, 5) is 2.78. The molecule has 0 spiro atoms. The van der Waals surface area contributed by atoms with Crippen LogP contribution < -0.4 is 4.74 Å². The highest BCUT2D eigenvalue weighted by Gasteiger charge is 2.35. The van der Waals surface area contributed by atoms with Crippen LogP contribution in [0.25, 0.3) is 0 Å². The van der Waals surface area contributed by atoms with E-state index >= 15 is 0 Å². The highest BCUT2D eigenvalue weighted by Crippen LogP contribution is 2.41. The summed E-state index contributed by atoms with van der Waals surface area (Å²) in [5, 5.41) is 0. The maximum Gasteiger partial charge on any atom is 0.122 e. The second-order valence-electron chi connectivity index (χ2n) is 6.87. The molecule has 2 atom stereocenters. The molecule has 0 bridgehead atoms. The van der Waals surface area contributed by atoms with Crippen molar-refractivity contribution in [3.05, 3.63) is 29.3 Å². The van der Waals surface area contributed by atoms with Gasteiger partial charge >= 0.3 is 0 Å². The van der Waals surface area contributed by atoms with Crippen LogP contribution >= 0.6 is 0 Å².